The van der Waals surface area contributed by atoms with Gasteiger partial charge in [0.2, 0.25) is 0 Å². The molecule has 3 aromatic rings. The summed E-state index contributed by atoms with van der Waals surface area (Å²) < 4.78 is 5.73. The molecule has 2 aromatic carbocycles. The van der Waals surface area contributed by atoms with Crippen LogP contribution in [0.25, 0.3) is 16.8 Å². The molecule has 0 spiro atoms. The van der Waals surface area contributed by atoms with Crippen molar-refractivity contribution in [1.82, 2.24) is 4.98 Å². The van der Waals surface area contributed by atoms with Gasteiger partial charge in [0.05, 0.1) is 5.69 Å². The Balaban J connectivity index is 1.84. The molecule has 0 unspecified atom stereocenters. The van der Waals surface area contributed by atoms with Gasteiger partial charge in [0.1, 0.15) is 18.1 Å². The summed E-state index contributed by atoms with van der Waals surface area (Å²) in [6.07, 6.45) is 2.10. The predicted octanol–water partition coefficient (Wildman–Crippen LogP) is 4.57. The molecule has 1 aliphatic heterocycles. The molecule has 0 atom stereocenters. The summed E-state index contributed by atoms with van der Waals surface area (Å²) >= 11 is 0. The van der Waals surface area contributed by atoms with Crippen LogP contribution in [0.3, 0.4) is 0 Å². The van der Waals surface area contributed by atoms with Gasteiger partial charge in [-0.2, -0.15) is 0 Å². The Morgan fingerprint density at radius 3 is 2.14 bits per heavy atom. The van der Waals surface area contributed by atoms with E-state index in [0.29, 0.717) is 6.61 Å². The zero-order valence-electron chi connectivity index (χ0n) is 12.1. The van der Waals surface area contributed by atoms with E-state index in [1.54, 1.807) is 0 Å². The van der Waals surface area contributed by atoms with Gasteiger partial charge in [0.25, 0.3) is 0 Å². The highest BCUT2D eigenvalue weighted by Crippen LogP contribution is 2.34. The van der Waals surface area contributed by atoms with Crippen LogP contribution < -0.4 is 4.74 Å². The zero-order valence-corrected chi connectivity index (χ0v) is 12.1. The van der Waals surface area contributed by atoms with Crippen molar-refractivity contribution in [3.05, 3.63) is 90.1 Å². The molecule has 0 saturated heterocycles. The highest BCUT2D eigenvalue weighted by molar-refractivity contribution is 5.83. The number of pyridine rings is 1. The van der Waals surface area contributed by atoms with E-state index in [4.69, 9.17) is 9.72 Å². The second kappa shape index (κ2) is 5.49. The molecule has 0 bridgehead atoms. The van der Waals surface area contributed by atoms with Gasteiger partial charge in [-0.3, -0.25) is 0 Å². The lowest BCUT2D eigenvalue weighted by Crippen LogP contribution is -2.07. The Bertz CT molecular complexity index is 823. The molecule has 0 amide bonds. The molecular formula is C20H15NO. The van der Waals surface area contributed by atoms with Crippen LogP contribution in [0.5, 0.6) is 5.75 Å². The zero-order chi connectivity index (χ0) is 14.8. The Hall–Kier alpha value is -2.87. The maximum Gasteiger partial charge on any atom is 0.146 e. The van der Waals surface area contributed by atoms with Gasteiger partial charge in [-0.1, -0.05) is 60.7 Å². The van der Waals surface area contributed by atoms with Gasteiger partial charge in [0, 0.05) is 11.1 Å². The second-order valence-electron chi connectivity index (χ2n) is 5.20. The van der Waals surface area contributed by atoms with Crippen molar-refractivity contribution in [2.75, 3.05) is 6.61 Å². The Morgan fingerprint density at radius 1 is 0.727 bits per heavy atom. The number of benzene rings is 2. The average molecular weight is 285 g/mol. The largest absolute Gasteiger partial charge is 0.487 e. The molecule has 4 rings (SSSR count). The molecule has 0 saturated carbocycles. The van der Waals surface area contributed by atoms with Crippen LogP contribution in [-0.2, 0) is 0 Å². The van der Waals surface area contributed by atoms with E-state index < -0.39 is 0 Å². The third-order valence-corrected chi connectivity index (χ3v) is 3.79. The predicted molar refractivity (Wildman–Crippen MR) is 88.7 cm³/mol. The minimum Gasteiger partial charge on any atom is -0.487 e. The normalized spacial score (nSPS) is 13.0. The first kappa shape index (κ1) is 12.8. The fourth-order valence-corrected chi connectivity index (χ4v) is 2.71. The van der Waals surface area contributed by atoms with E-state index in [9.17, 15) is 0 Å². The van der Waals surface area contributed by atoms with Crippen LogP contribution in [0.4, 0.5) is 0 Å². The van der Waals surface area contributed by atoms with Crippen LogP contribution in [0.15, 0.2) is 78.9 Å². The summed E-state index contributed by atoms with van der Waals surface area (Å²) in [5.41, 5.74) is 5.30. The highest BCUT2D eigenvalue weighted by atomic mass is 16.5. The number of fused-ring (bicyclic) bond motifs is 1. The highest BCUT2D eigenvalue weighted by Gasteiger charge is 2.17. The maximum atomic E-state index is 5.73. The van der Waals surface area contributed by atoms with Gasteiger partial charge in [-0.15, -0.1) is 0 Å². The third kappa shape index (κ3) is 2.29. The molecular weight excluding hydrogens is 270 g/mol. The first-order chi connectivity index (χ1) is 10.9. The SMILES string of the molecule is C1=C(c2ccccc2)c2nc(-c3ccccc3)ccc2OC1. The van der Waals surface area contributed by atoms with Crippen molar-refractivity contribution in [2.45, 2.75) is 0 Å². The number of ether oxygens (including phenoxy) is 1. The lowest BCUT2D eigenvalue weighted by Gasteiger charge is -2.19. The van der Waals surface area contributed by atoms with Crippen molar-refractivity contribution >= 4 is 5.57 Å². The van der Waals surface area contributed by atoms with E-state index >= 15 is 0 Å². The lowest BCUT2D eigenvalue weighted by atomic mass is 9.99. The smallest absolute Gasteiger partial charge is 0.146 e. The summed E-state index contributed by atoms with van der Waals surface area (Å²) in [6, 6.07) is 24.6. The van der Waals surface area contributed by atoms with Crippen molar-refractivity contribution in [2.24, 2.45) is 0 Å². The first-order valence-electron chi connectivity index (χ1n) is 7.37. The van der Waals surface area contributed by atoms with E-state index in [1.165, 1.54) is 5.56 Å². The van der Waals surface area contributed by atoms with Crippen LogP contribution in [0.1, 0.15) is 11.3 Å². The van der Waals surface area contributed by atoms with Crippen LogP contribution in [0, 0.1) is 0 Å². The van der Waals surface area contributed by atoms with Gasteiger partial charge in [0.15, 0.2) is 0 Å². The minimum absolute atomic E-state index is 0.587. The minimum atomic E-state index is 0.587. The van der Waals surface area contributed by atoms with Gasteiger partial charge >= 0.3 is 0 Å². The molecule has 0 N–H and O–H groups in total. The topological polar surface area (TPSA) is 22.1 Å². The Labute approximate surface area is 129 Å². The quantitative estimate of drug-likeness (QED) is 0.688. The molecule has 2 heterocycles. The average Bonchev–Trinajstić information content (AvgIpc) is 2.62. The standard InChI is InChI=1S/C20H15NO/c1-3-7-15(8-4-1)17-13-14-22-19-12-11-18(21-20(17)19)16-9-5-2-6-10-16/h1-13H,14H2. The number of hydrogen-bond acceptors (Lipinski definition) is 2. The monoisotopic (exact) mass is 285 g/mol. The molecule has 1 aliphatic rings. The number of aromatic nitrogens is 1. The lowest BCUT2D eigenvalue weighted by molar-refractivity contribution is 0.355. The van der Waals surface area contributed by atoms with Crippen molar-refractivity contribution in [1.29, 1.82) is 0 Å². The van der Waals surface area contributed by atoms with Crippen molar-refractivity contribution in [3.63, 3.8) is 0 Å². The fourth-order valence-electron chi connectivity index (χ4n) is 2.71. The van der Waals surface area contributed by atoms with Gasteiger partial charge in [-0.05, 0) is 23.8 Å². The van der Waals surface area contributed by atoms with E-state index in [1.807, 2.05) is 48.5 Å². The van der Waals surface area contributed by atoms with Crippen molar-refractivity contribution in [3.8, 4) is 17.0 Å². The summed E-state index contributed by atoms with van der Waals surface area (Å²) in [6.45, 7) is 0.587. The molecule has 106 valence electrons. The maximum absolute atomic E-state index is 5.73. The summed E-state index contributed by atoms with van der Waals surface area (Å²) in [5, 5.41) is 0. The van der Waals surface area contributed by atoms with Gasteiger partial charge < -0.3 is 4.74 Å². The molecule has 2 heteroatoms. The van der Waals surface area contributed by atoms with Crippen LogP contribution >= 0.6 is 0 Å². The second-order valence-corrected chi connectivity index (χ2v) is 5.20. The van der Waals surface area contributed by atoms with E-state index in [0.717, 1.165) is 28.3 Å². The Morgan fingerprint density at radius 2 is 1.41 bits per heavy atom. The summed E-state index contributed by atoms with van der Waals surface area (Å²) in [5.74, 6) is 0.848. The van der Waals surface area contributed by atoms with Crippen molar-refractivity contribution < 1.29 is 4.74 Å². The number of hydrogen-bond donors (Lipinski definition) is 0. The number of nitrogens with zero attached hydrogens (tertiary/aromatic N) is 1. The first-order valence-corrected chi connectivity index (χ1v) is 7.37. The van der Waals surface area contributed by atoms with Crippen LogP contribution in [-0.4, -0.2) is 11.6 Å². The molecule has 0 radical (unpaired) electrons. The number of rotatable bonds is 2. The molecule has 22 heavy (non-hydrogen) atoms. The fraction of sp³-hybridized carbons (Fsp3) is 0.0500. The van der Waals surface area contributed by atoms with E-state index in [-0.39, 0.29) is 0 Å². The Kier molecular flexibility index (Phi) is 3.20. The molecule has 0 aliphatic carbocycles. The molecule has 2 nitrogen and oxygen atoms in total. The summed E-state index contributed by atoms with van der Waals surface area (Å²) in [4.78, 5) is 4.85. The van der Waals surface area contributed by atoms with E-state index in [2.05, 4.69) is 30.3 Å². The molecule has 1 aromatic heterocycles. The van der Waals surface area contributed by atoms with Gasteiger partial charge in [-0.25, -0.2) is 4.98 Å². The third-order valence-electron chi connectivity index (χ3n) is 3.79. The van der Waals surface area contributed by atoms with Crippen LogP contribution in [0.2, 0.25) is 0 Å². The molecule has 0 fully saturated rings. The summed E-state index contributed by atoms with van der Waals surface area (Å²) in [7, 11) is 0.